The van der Waals surface area contributed by atoms with Crippen LogP contribution in [0.2, 0.25) is 0 Å². The molecule has 1 aliphatic carbocycles. The van der Waals surface area contributed by atoms with Gasteiger partial charge in [0.2, 0.25) is 5.91 Å². The summed E-state index contributed by atoms with van der Waals surface area (Å²) in [7, 11) is 0. The predicted octanol–water partition coefficient (Wildman–Crippen LogP) is 4.13. The van der Waals surface area contributed by atoms with E-state index in [1.807, 2.05) is 19.1 Å². The molecule has 0 aromatic carbocycles. The van der Waals surface area contributed by atoms with E-state index < -0.39 is 0 Å². The number of hydrogen-bond donors (Lipinski definition) is 1. The van der Waals surface area contributed by atoms with E-state index in [0.717, 1.165) is 31.4 Å². The number of rotatable bonds is 5. The van der Waals surface area contributed by atoms with Gasteiger partial charge >= 0.3 is 0 Å². The Kier molecular flexibility index (Phi) is 6.24. The van der Waals surface area contributed by atoms with Crippen molar-refractivity contribution in [1.29, 1.82) is 5.26 Å². The van der Waals surface area contributed by atoms with Gasteiger partial charge in [-0.25, -0.2) is 9.97 Å². The first kappa shape index (κ1) is 18.4. The lowest BCUT2D eigenvalue weighted by Crippen LogP contribution is -2.25. The van der Waals surface area contributed by atoms with Crippen molar-refractivity contribution in [3.8, 4) is 6.07 Å². The lowest BCUT2D eigenvalue weighted by Gasteiger charge is -2.16. The lowest BCUT2D eigenvalue weighted by molar-refractivity contribution is -0.115. The number of nitrogens with zero attached hydrogens (tertiary/aromatic N) is 3. The molecule has 26 heavy (non-hydrogen) atoms. The van der Waals surface area contributed by atoms with Crippen LogP contribution in [0.3, 0.4) is 0 Å². The standard InChI is InChI=1S/C20H22N4OS/c1-2-17(19(25)24-18-10-6-7-11-22-18)26-20-15(13-21)12-14-8-4-3-5-9-16(14)23-20/h6-7,10-12,17H,2-5,8-9H2,1H3,(H,22,24,25). The Labute approximate surface area is 158 Å². The summed E-state index contributed by atoms with van der Waals surface area (Å²) in [6.07, 6.45) is 7.71. The number of fused-ring (bicyclic) bond motifs is 1. The lowest BCUT2D eigenvalue weighted by atomic mass is 10.1. The van der Waals surface area contributed by atoms with Crippen molar-refractivity contribution in [2.75, 3.05) is 5.32 Å². The summed E-state index contributed by atoms with van der Waals surface area (Å²) in [4.78, 5) is 21.5. The number of carbonyl (C=O) groups excluding carboxylic acids is 1. The van der Waals surface area contributed by atoms with Crippen LogP contribution in [0.4, 0.5) is 5.82 Å². The summed E-state index contributed by atoms with van der Waals surface area (Å²) in [5.74, 6) is 0.420. The van der Waals surface area contributed by atoms with E-state index in [-0.39, 0.29) is 11.2 Å². The molecule has 134 valence electrons. The van der Waals surface area contributed by atoms with Crippen molar-refractivity contribution >= 4 is 23.5 Å². The maximum absolute atomic E-state index is 12.6. The monoisotopic (exact) mass is 366 g/mol. The molecule has 2 aromatic rings. The SMILES string of the molecule is CCC(Sc1nc2c(cc1C#N)CCCCC2)C(=O)Nc1ccccn1. The zero-order valence-corrected chi connectivity index (χ0v) is 15.7. The molecule has 1 amide bonds. The van der Waals surface area contributed by atoms with Crippen molar-refractivity contribution in [2.45, 2.75) is 55.7 Å². The van der Waals surface area contributed by atoms with E-state index in [0.29, 0.717) is 22.8 Å². The molecule has 5 nitrogen and oxygen atoms in total. The third-order valence-corrected chi connectivity index (χ3v) is 5.84. The van der Waals surface area contributed by atoms with E-state index in [1.165, 1.54) is 23.7 Å². The summed E-state index contributed by atoms with van der Waals surface area (Å²) in [6, 6.07) is 9.63. The smallest absolute Gasteiger partial charge is 0.239 e. The minimum absolute atomic E-state index is 0.114. The molecule has 0 fully saturated rings. The van der Waals surface area contributed by atoms with Crippen molar-refractivity contribution < 1.29 is 4.79 Å². The Hall–Kier alpha value is -2.39. The van der Waals surface area contributed by atoms with Gasteiger partial charge in [0.15, 0.2) is 0 Å². The number of thioether (sulfide) groups is 1. The first-order chi connectivity index (χ1) is 12.7. The van der Waals surface area contributed by atoms with Crippen LogP contribution in [0.15, 0.2) is 35.5 Å². The second-order valence-electron chi connectivity index (χ2n) is 6.34. The van der Waals surface area contributed by atoms with Gasteiger partial charge in [-0.2, -0.15) is 5.26 Å². The molecule has 1 aliphatic rings. The van der Waals surface area contributed by atoms with Crippen LogP contribution in [0, 0.1) is 11.3 Å². The highest BCUT2D eigenvalue weighted by Crippen LogP contribution is 2.31. The molecule has 0 aliphatic heterocycles. The first-order valence-corrected chi connectivity index (χ1v) is 9.90. The van der Waals surface area contributed by atoms with Crippen LogP contribution in [-0.2, 0) is 17.6 Å². The Balaban J connectivity index is 1.80. The molecule has 0 radical (unpaired) electrons. The van der Waals surface area contributed by atoms with E-state index in [2.05, 4.69) is 16.4 Å². The van der Waals surface area contributed by atoms with Crippen molar-refractivity contribution in [2.24, 2.45) is 0 Å². The van der Waals surface area contributed by atoms with Gasteiger partial charge in [0.05, 0.1) is 10.8 Å². The molecule has 6 heteroatoms. The van der Waals surface area contributed by atoms with Gasteiger partial charge < -0.3 is 5.32 Å². The summed E-state index contributed by atoms with van der Waals surface area (Å²) in [5.41, 5.74) is 2.85. The van der Waals surface area contributed by atoms with Gasteiger partial charge in [0.1, 0.15) is 16.9 Å². The average Bonchev–Trinajstić information content (AvgIpc) is 2.90. The normalized spacial score (nSPS) is 14.6. The topological polar surface area (TPSA) is 78.7 Å². The molecular weight excluding hydrogens is 344 g/mol. The maximum Gasteiger partial charge on any atom is 0.239 e. The second-order valence-corrected chi connectivity index (χ2v) is 7.53. The van der Waals surface area contributed by atoms with Crippen LogP contribution in [-0.4, -0.2) is 21.1 Å². The molecule has 3 rings (SSSR count). The number of anilines is 1. The number of carbonyl (C=O) groups is 1. The summed E-state index contributed by atoms with van der Waals surface area (Å²) in [5, 5.41) is 12.7. The minimum Gasteiger partial charge on any atom is -0.310 e. The van der Waals surface area contributed by atoms with Gasteiger partial charge in [-0.15, -0.1) is 0 Å². The number of pyridine rings is 2. The van der Waals surface area contributed by atoms with Crippen LogP contribution < -0.4 is 5.32 Å². The Morgan fingerprint density at radius 2 is 2.19 bits per heavy atom. The van der Waals surface area contributed by atoms with Crippen LogP contribution in [0.25, 0.3) is 0 Å². The highest BCUT2D eigenvalue weighted by Gasteiger charge is 2.22. The number of aryl methyl sites for hydroxylation is 2. The fourth-order valence-electron chi connectivity index (χ4n) is 3.06. The average molecular weight is 366 g/mol. The molecule has 2 heterocycles. The molecule has 1 N–H and O–H groups in total. The Morgan fingerprint density at radius 1 is 1.35 bits per heavy atom. The fourth-order valence-corrected chi connectivity index (χ4v) is 4.06. The van der Waals surface area contributed by atoms with Gasteiger partial charge in [0.25, 0.3) is 0 Å². The predicted molar refractivity (Wildman–Crippen MR) is 103 cm³/mol. The molecular formula is C20H22N4OS. The third-order valence-electron chi connectivity index (χ3n) is 4.47. The van der Waals surface area contributed by atoms with Gasteiger partial charge in [-0.3, -0.25) is 4.79 Å². The van der Waals surface area contributed by atoms with Gasteiger partial charge in [-0.05, 0) is 55.9 Å². The largest absolute Gasteiger partial charge is 0.310 e. The second kappa shape index (κ2) is 8.81. The van der Waals surface area contributed by atoms with Gasteiger partial charge in [-0.1, -0.05) is 31.2 Å². The fraction of sp³-hybridized carbons (Fsp3) is 0.400. The Morgan fingerprint density at radius 3 is 2.92 bits per heavy atom. The molecule has 0 spiro atoms. The zero-order valence-electron chi connectivity index (χ0n) is 14.9. The highest BCUT2D eigenvalue weighted by atomic mass is 32.2. The Bertz CT molecular complexity index is 817. The van der Waals surface area contributed by atoms with E-state index in [1.54, 1.807) is 18.3 Å². The van der Waals surface area contributed by atoms with E-state index in [4.69, 9.17) is 4.98 Å². The molecule has 1 unspecified atom stereocenters. The number of aromatic nitrogens is 2. The first-order valence-electron chi connectivity index (χ1n) is 9.02. The summed E-state index contributed by atoms with van der Waals surface area (Å²) in [6.45, 7) is 1.96. The maximum atomic E-state index is 12.6. The number of nitrogens with one attached hydrogen (secondary N) is 1. The number of nitriles is 1. The number of hydrogen-bond acceptors (Lipinski definition) is 5. The van der Waals surface area contributed by atoms with Crippen LogP contribution in [0.1, 0.15) is 49.4 Å². The summed E-state index contributed by atoms with van der Waals surface area (Å²) < 4.78 is 0. The third kappa shape index (κ3) is 4.41. The van der Waals surface area contributed by atoms with E-state index in [9.17, 15) is 10.1 Å². The minimum atomic E-state index is -0.319. The highest BCUT2D eigenvalue weighted by molar-refractivity contribution is 8.00. The quantitative estimate of drug-likeness (QED) is 0.636. The number of amides is 1. The van der Waals surface area contributed by atoms with Crippen LogP contribution >= 0.6 is 11.8 Å². The molecule has 0 saturated heterocycles. The van der Waals surface area contributed by atoms with Crippen LogP contribution in [0.5, 0.6) is 0 Å². The van der Waals surface area contributed by atoms with E-state index >= 15 is 0 Å². The molecule has 0 saturated carbocycles. The van der Waals surface area contributed by atoms with Crippen molar-refractivity contribution in [3.63, 3.8) is 0 Å². The zero-order chi connectivity index (χ0) is 18.4. The van der Waals surface area contributed by atoms with Crippen molar-refractivity contribution in [1.82, 2.24) is 9.97 Å². The molecule has 0 bridgehead atoms. The van der Waals surface area contributed by atoms with Gasteiger partial charge in [0, 0.05) is 11.9 Å². The molecule has 1 atom stereocenters. The van der Waals surface area contributed by atoms with Crippen molar-refractivity contribution in [3.05, 3.63) is 47.3 Å². The summed E-state index contributed by atoms with van der Waals surface area (Å²) >= 11 is 1.37. The molecule has 2 aromatic heterocycles.